The highest BCUT2D eigenvalue weighted by Crippen LogP contribution is 2.32. The number of ether oxygens (including phenoxy) is 1. The van der Waals surface area contributed by atoms with E-state index in [1.54, 1.807) is 30.3 Å². The van der Waals surface area contributed by atoms with Crippen LogP contribution in [0.5, 0.6) is 5.75 Å². The van der Waals surface area contributed by atoms with E-state index in [0.29, 0.717) is 34.4 Å². The lowest BCUT2D eigenvalue weighted by atomic mass is 10.2. The molecule has 4 rings (SSSR count). The average Bonchev–Trinajstić information content (AvgIpc) is 3.17. The summed E-state index contributed by atoms with van der Waals surface area (Å²) in [5, 5.41) is 12.9. The summed E-state index contributed by atoms with van der Waals surface area (Å²) in [6.45, 7) is 2.33. The quantitative estimate of drug-likeness (QED) is 0.520. The van der Waals surface area contributed by atoms with E-state index < -0.39 is 17.6 Å². The summed E-state index contributed by atoms with van der Waals surface area (Å²) >= 11 is 5.98. The first-order chi connectivity index (χ1) is 15.9. The molecule has 0 fully saturated rings. The van der Waals surface area contributed by atoms with Crippen LogP contribution in [0.2, 0.25) is 5.02 Å². The molecule has 0 radical (unpaired) electrons. The standard InChI is InChI=1S/C23H26ClN5O4/c1-3-15-5-9-18(10-6-15)33-22-26-20-19(29(22)14-17-8-7-16(24)13-25-17)21(31)28(11-4-12-30)23(32)27(20)2/h5-10,13,22,26,30H,3-4,11-12,14H2,1-2H3. The molecule has 0 saturated carbocycles. The summed E-state index contributed by atoms with van der Waals surface area (Å²) in [5.74, 6) is 0.992. The van der Waals surface area contributed by atoms with E-state index in [-0.39, 0.29) is 19.7 Å². The van der Waals surface area contributed by atoms with Crippen LogP contribution in [0.25, 0.3) is 0 Å². The molecule has 0 amide bonds. The van der Waals surface area contributed by atoms with Crippen LogP contribution in [-0.2, 0) is 26.6 Å². The number of rotatable bonds is 8. The molecular formula is C23H26ClN5O4. The second kappa shape index (κ2) is 9.68. The Kier molecular flexibility index (Phi) is 6.71. The van der Waals surface area contributed by atoms with E-state index in [9.17, 15) is 14.7 Å². The number of halogens is 1. The van der Waals surface area contributed by atoms with Crippen LogP contribution in [-0.4, -0.2) is 32.2 Å². The van der Waals surface area contributed by atoms with Gasteiger partial charge in [-0.05, 0) is 42.7 Å². The Morgan fingerprint density at radius 3 is 2.58 bits per heavy atom. The molecule has 2 aromatic heterocycles. The van der Waals surface area contributed by atoms with E-state index in [1.165, 1.54) is 10.1 Å². The Balaban J connectivity index is 1.76. The zero-order valence-corrected chi connectivity index (χ0v) is 19.2. The number of benzene rings is 1. The maximum atomic E-state index is 13.4. The molecule has 174 valence electrons. The molecule has 0 aliphatic carbocycles. The third kappa shape index (κ3) is 4.60. The molecule has 2 N–H and O–H groups in total. The summed E-state index contributed by atoms with van der Waals surface area (Å²) in [5.41, 5.74) is 1.26. The number of aryl methyl sites for hydroxylation is 1. The Morgan fingerprint density at radius 2 is 1.94 bits per heavy atom. The summed E-state index contributed by atoms with van der Waals surface area (Å²) < 4.78 is 8.72. The van der Waals surface area contributed by atoms with Gasteiger partial charge >= 0.3 is 5.69 Å². The molecule has 9 nitrogen and oxygen atoms in total. The minimum atomic E-state index is -0.739. The van der Waals surface area contributed by atoms with Crippen molar-refractivity contribution in [3.05, 3.63) is 79.7 Å². The number of nitrogens with one attached hydrogen (secondary N) is 1. The average molecular weight is 472 g/mol. The summed E-state index contributed by atoms with van der Waals surface area (Å²) in [7, 11) is 1.60. The van der Waals surface area contributed by atoms with Gasteiger partial charge in [0.2, 0.25) is 0 Å². The van der Waals surface area contributed by atoms with Crippen LogP contribution in [0.1, 0.15) is 24.6 Å². The van der Waals surface area contributed by atoms with Crippen molar-refractivity contribution in [1.29, 1.82) is 0 Å². The number of anilines is 2. The number of hydrogen-bond acceptors (Lipinski definition) is 7. The van der Waals surface area contributed by atoms with Crippen molar-refractivity contribution >= 4 is 23.1 Å². The molecule has 0 saturated heterocycles. The van der Waals surface area contributed by atoms with E-state index in [2.05, 4.69) is 17.2 Å². The molecular weight excluding hydrogens is 446 g/mol. The number of fused-ring (bicyclic) bond motifs is 1. The topological polar surface area (TPSA) is 102 Å². The van der Waals surface area contributed by atoms with E-state index in [4.69, 9.17) is 16.3 Å². The zero-order chi connectivity index (χ0) is 23.5. The normalized spacial score (nSPS) is 14.8. The molecule has 1 aliphatic heterocycles. The van der Waals surface area contributed by atoms with Crippen molar-refractivity contribution in [3.8, 4) is 5.75 Å². The van der Waals surface area contributed by atoms with Crippen molar-refractivity contribution in [2.24, 2.45) is 7.05 Å². The molecule has 0 spiro atoms. The Labute approximate surface area is 195 Å². The smallest absolute Gasteiger partial charge is 0.332 e. The predicted molar refractivity (Wildman–Crippen MR) is 127 cm³/mol. The van der Waals surface area contributed by atoms with Crippen LogP contribution in [0.4, 0.5) is 11.5 Å². The van der Waals surface area contributed by atoms with Crippen LogP contribution in [0.3, 0.4) is 0 Å². The first-order valence-corrected chi connectivity index (χ1v) is 11.1. The van der Waals surface area contributed by atoms with Crippen molar-refractivity contribution in [1.82, 2.24) is 14.1 Å². The van der Waals surface area contributed by atoms with Gasteiger partial charge in [0.05, 0.1) is 17.3 Å². The van der Waals surface area contributed by atoms with Crippen molar-refractivity contribution in [3.63, 3.8) is 0 Å². The number of nitrogens with zero attached hydrogens (tertiary/aromatic N) is 4. The molecule has 33 heavy (non-hydrogen) atoms. The maximum absolute atomic E-state index is 13.4. The monoisotopic (exact) mass is 471 g/mol. The van der Waals surface area contributed by atoms with Gasteiger partial charge in [-0.25, -0.2) is 4.79 Å². The van der Waals surface area contributed by atoms with Gasteiger partial charge in [-0.3, -0.25) is 18.9 Å². The summed E-state index contributed by atoms with van der Waals surface area (Å²) in [6, 6.07) is 11.2. The molecule has 0 bridgehead atoms. The molecule has 10 heteroatoms. The molecule has 1 aromatic carbocycles. The highest BCUT2D eigenvalue weighted by Gasteiger charge is 2.36. The van der Waals surface area contributed by atoms with Crippen LogP contribution < -0.4 is 26.2 Å². The Hall–Kier alpha value is -3.30. The molecule has 3 aromatic rings. The second-order valence-electron chi connectivity index (χ2n) is 7.78. The number of aliphatic hydroxyl groups is 1. The zero-order valence-electron chi connectivity index (χ0n) is 18.5. The van der Waals surface area contributed by atoms with Crippen LogP contribution in [0, 0.1) is 0 Å². The van der Waals surface area contributed by atoms with Gasteiger partial charge in [0.25, 0.3) is 11.9 Å². The van der Waals surface area contributed by atoms with E-state index in [1.807, 2.05) is 24.3 Å². The van der Waals surface area contributed by atoms with Crippen molar-refractivity contribution in [2.45, 2.75) is 39.2 Å². The maximum Gasteiger partial charge on any atom is 0.332 e. The molecule has 1 atom stereocenters. The van der Waals surface area contributed by atoms with Gasteiger partial charge in [0.1, 0.15) is 17.3 Å². The summed E-state index contributed by atoms with van der Waals surface area (Å²) in [6.07, 6.45) is 2.01. The van der Waals surface area contributed by atoms with E-state index >= 15 is 0 Å². The minimum Gasteiger partial charge on any atom is -0.452 e. The highest BCUT2D eigenvalue weighted by atomic mass is 35.5. The predicted octanol–water partition coefficient (Wildman–Crippen LogP) is 2.33. The first kappa shape index (κ1) is 22.9. The fourth-order valence-corrected chi connectivity index (χ4v) is 3.89. The third-order valence-corrected chi connectivity index (χ3v) is 5.82. The number of hydrogen-bond donors (Lipinski definition) is 2. The molecule has 1 aliphatic rings. The fraction of sp³-hybridized carbons (Fsp3) is 0.348. The Bertz CT molecular complexity index is 1240. The lowest BCUT2D eigenvalue weighted by Gasteiger charge is -2.26. The fourth-order valence-electron chi connectivity index (χ4n) is 3.78. The number of aromatic nitrogens is 3. The van der Waals surface area contributed by atoms with Gasteiger partial charge in [-0.2, -0.15) is 0 Å². The van der Waals surface area contributed by atoms with Crippen molar-refractivity contribution in [2.75, 3.05) is 16.8 Å². The summed E-state index contributed by atoms with van der Waals surface area (Å²) in [4.78, 5) is 32.3. The Morgan fingerprint density at radius 1 is 1.18 bits per heavy atom. The van der Waals surface area contributed by atoms with E-state index in [0.717, 1.165) is 11.0 Å². The molecule has 1 unspecified atom stereocenters. The third-order valence-electron chi connectivity index (χ3n) is 5.60. The lowest BCUT2D eigenvalue weighted by Crippen LogP contribution is -2.43. The minimum absolute atomic E-state index is 0.117. The largest absolute Gasteiger partial charge is 0.452 e. The number of aliphatic hydroxyl groups excluding tert-OH is 1. The van der Waals surface area contributed by atoms with Gasteiger partial charge in [0, 0.05) is 26.4 Å². The van der Waals surface area contributed by atoms with Gasteiger partial charge < -0.3 is 20.1 Å². The van der Waals surface area contributed by atoms with Gasteiger partial charge in [-0.1, -0.05) is 30.7 Å². The highest BCUT2D eigenvalue weighted by molar-refractivity contribution is 6.30. The SMILES string of the molecule is CCc1ccc(OC2Nc3c(c(=O)n(CCCO)c(=O)n3C)N2Cc2ccc(Cl)cn2)cc1. The second-order valence-corrected chi connectivity index (χ2v) is 8.22. The van der Waals surface area contributed by atoms with Crippen LogP contribution >= 0.6 is 11.6 Å². The number of pyridine rings is 1. The van der Waals surface area contributed by atoms with Crippen LogP contribution in [0.15, 0.2) is 52.2 Å². The first-order valence-electron chi connectivity index (χ1n) is 10.8. The van der Waals surface area contributed by atoms with Gasteiger partial charge in [-0.15, -0.1) is 0 Å². The van der Waals surface area contributed by atoms with Gasteiger partial charge in [0.15, 0.2) is 0 Å². The lowest BCUT2D eigenvalue weighted by molar-refractivity contribution is 0.227. The molecule has 3 heterocycles. The van der Waals surface area contributed by atoms with Crippen molar-refractivity contribution < 1.29 is 9.84 Å².